The third-order valence-electron chi connectivity index (χ3n) is 4.31. The maximum absolute atomic E-state index is 11.2. The molecule has 0 bridgehead atoms. The Balaban J connectivity index is 0. The molecule has 0 aliphatic carbocycles. The van der Waals surface area contributed by atoms with E-state index in [1.165, 1.54) is 89.9 Å². The van der Waals surface area contributed by atoms with Crippen LogP contribution < -0.4 is 5.32 Å². The molecule has 0 aliphatic heterocycles. The first-order valence-electron chi connectivity index (χ1n) is 9.88. The van der Waals surface area contributed by atoms with Gasteiger partial charge in [-0.1, -0.05) is 96.8 Å². The van der Waals surface area contributed by atoms with Crippen molar-refractivity contribution in [3.8, 4) is 0 Å². The van der Waals surface area contributed by atoms with E-state index in [0.717, 1.165) is 6.42 Å². The Morgan fingerprint density at radius 1 is 0.696 bits per heavy atom. The molecule has 0 aliphatic rings. The van der Waals surface area contributed by atoms with Crippen molar-refractivity contribution in [3.63, 3.8) is 0 Å². The van der Waals surface area contributed by atoms with Crippen molar-refractivity contribution in [2.75, 3.05) is 0 Å². The molecule has 0 saturated carbocycles. The van der Waals surface area contributed by atoms with E-state index in [2.05, 4.69) is 12.2 Å². The maximum Gasteiger partial charge on any atom is 0.191 e. The van der Waals surface area contributed by atoms with E-state index in [4.69, 9.17) is 0 Å². The first-order valence-corrected chi connectivity index (χ1v) is 9.88. The van der Waals surface area contributed by atoms with Crippen LogP contribution in [-0.2, 0) is 24.3 Å². The number of nitrogens with one attached hydrogen (secondary N) is 1. The van der Waals surface area contributed by atoms with Crippen molar-refractivity contribution in [1.82, 2.24) is 5.32 Å². The molecule has 1 radical (unpaired) electrons. The van der Waals surface area contributed by atoms with Gasteiger partial charge in [-0.2, -0.15) is 6.92 Å². The third kappa shape index (κ3) is 22.1. The van der Waals surface area contributed by atoms with Crippen LogP contribution in [0.5, 0.6) is 0 Å². The van der Waals surface area contributed by atoms with Gasteiger partial charge in [-0.25, -0.2) is 6.54 Å². The number of hydrogen-bond acceptors (Lipinski definition) is 1. The van der Waals surface area contributed by atoms with Crippen LogP contribution in [0.2, 0.25) is 0 Å². The molecule has 0 unspecified atom stereocenters. The Labute approximate surface area is 158 Å². The molecule has 1 amide bonds. The standard InChI is InChI=1S/C20H40NO.Rh/c1-3-5-6-7-8-9-10-11-12-13-14-15-16-17-18-19-20(22)21-4-2;/h4H,3,5-19H2,1-2H3,(H,21,22);/q-1;. The Morgan fingerprint density at radius 3 is 1.39 bits per heavy atom. The van der Waals surface area contributed by atoms with Gasteiger partial charge in [0.2, 0.25) is 0 Å². The van der Waals surface area contributed by atoms with E-state index in [0.29, 0.717) is 6.42 Å². The second-order valence-electron chi connectivity index (χ2n) is 6.56. The predicted molar refractivity (Wildman–Crippen MR) is 97.7 cm³/mol. The van der Waals surface area contributed by atoms with Crippen LogP contribution in [0.25, 0.3) is 0 Å². The van der Waals surface area contributed by atoms with Gasteiger partial charge in [-0.3, -0.25) is 4.79 Å². The van der Waals surface area contributed by atoms with E-state index in [1.807, 2.05) is 6.92 Å². The fourth-order valence-electron chi connectivity index (χ4n) is 2.89. The molecule has 0 saturated heterocycles. The minimum absolute atomic E-state index is 0. The fourth-order valence-corrected chi connectivity index (χ4v) is 2.89. The minimum atomic E-state index is 0. The summed E-state index contributed by atoms with van der Waals surface area (Å²) < 4.78 is 0. The summed E-state index contributed by atoms with van der Waals surface area (Å²) in [4.78, 5) is 11.2. The SMILES string of the molecule is C[CH-]NC(=O)CCCCCCCCCCCCCCCCC.[Rh]. The fraction of sp³-hybridized carbons (Fsp3) is 0.900. The summed E-state index contributed by atoms with van der Waals surface area (Å²) in [6.45, 7) is 5.85. The minimum Gasteiger partial charge on any atom is -0.506 e. The maximum atomic E-state index is 11.2. The zero-order chi connectivity index (χ0) is 16.3. The topological polar surface area (TPSA) is 29.1 Å². The van der Waals surface area contributed by atoms with Crippen molar-refractivity contribution in [2.24, 2.45) is 0 Å². The van der Waals surface area contributed by atoms with Gasteiger partial charge >= 0.3 is 0 Å². The summed E-state index contributed by atoms with van der Waals surface area (Å²) in [6, 6.07) is 0. The van der Waals surface area contributed by atoms with Gasteiger partial charge < -0.3 is 5.32 Å². The van der Waals surface area contributed by atoms with Crippen LogP contribution in [0.15, 0.2) is 0 Å². The largest absolute Gasteiger partial charge is 0.506 e. The Bertz CT molecular complexity index is 234. The Morgan fingerprint density at radius 2 is 1.04 bits per heavy atom. The van der Waals surface area contributed by atoms with Gasteiger partial charge in [0.15, 0.2) is 5.91 Å². The first kappa shape index (κ1) is 25.3. The normalized spacial score (nSPS) is 10.3. The zero-order valence-electron chi connectivity index (χ0n) is 15.6. The van der Waals surface area contributed by atoms with E-state index in [-0.39, 0.29) is 25.4 Å². The molecular formula is C20H40NORh-. The Hall–Kier alpha value is 0.0934. The number of carbonyl (C=O) groups excluding carboxylic acids is 1. The van der Waals surface area contributed by atoms with Gasteiger partial charge in [-0.05, 0) is 6.42 Å². The molecule has 0 spiro atoms. The smallest absolute Gasteiger partial charge is 0.191 e. The average molecular weight is 413 g/mol. The summed E-state index contributed by atoms with van der Waals surface area (Å²) in [5.41, 5.74) is 0. The van der Waals surface area contributed by atoms with Crippen LogP contribution in [0.4, 0.5) is 0 Å². The van der Waals surface area contributed by atoms with E-state index in [1.54, 1.807) is 6.54 Å². The van der Waals surface area contributed by atoms with Gasteiger partial charge in [-0.15, -0.1) is 0 Å². The molecule has 0 aromatic rings. The number of rotatable bonds is 17. The molecule has 3 heteroatoms. The zero-order valence-corrected chi connectivity index (χ0v) is 17.3. The molecule has 1 N–H and O–H groups in total. The van der Waals surface area contributed by atoms with Crippen molar-refractivity contribution in [2.45, 2.75) is 117 Å². The van der Waals surface area contributed by atoms with E-state index < -0.39 is 0 Å². The summed E-state index contributed by atoms with van der Waals surface area (Å²) >= 11 is 0. The third-order valence-corrected chi connectivity index (χ3v) is 4.31. The van der Waals surface area contributed by atoms with E-state index in [9.17, 15) is 4.79 Å². The molecule has 0 aromatic carbocycles. The quantitative estimate of drug-likeness (QED) is 0.164. The first-order chi connectivity index (χ1) is 10.8. The molecule has 0 heterocycles. The molecule has 23 heavy (non-hydrogen) atoms. The van der Waals surface area contributed by atoms with Crippen molar-refractivity contribution in [3.05, 3.63) is 6.54 Å². The summed E-state index contributed by atoms with van der Waals surface area (Å²) in [5.74, 6) is 0.164. The van der Waals surface area contributed by atoms with Crippen LogP contribution in [0.3, 0.4) is 0 Å². The average Bonchev–Trinajstić information content (AvgIpc) is 2.51. The predicted octanol–water partition coefficient (Wildman–Crippen LogP) is 6.54. The summed E-state index contributed by atoms with van der Waals surface area (Å²) in [6.07, 6.45) is 21.2. The molecule has 0 aromatic heterocycles. The van der Waals surface area contributed by atoms with E-state index >= 15 is 0 Å². The van der Waals surface area contributed by atoms with Crippen molar-refractivity contribution < 1.29 is 24.3 Å². The Kier molecular flexibility index (Phi) is 24.3. The van der Waals surface area contributed by atoms with Gasteiger partial charge in [0, 0.05) is 25.9 Å². The second kappa shape index (κ2) is 22.1. The monoisotopic (exact) mass is 413 g/mol. The molecule has 0 fully saturated rings. The number of carbonyl (C=O) groups is 1. The molecule has 0 rings (SSSR count). The van der Waals surface area contributed by atoms with Crippen molar-refractivity contribution in [1.29, 1.82) is 0 Å². The van der Waals surface area contributed by atoms with Crippen LogP contribution in [-0.4, -0.2) is 5.91 Å². The van der Waals surface area contributed by atoms with Crippen LogP contribution >= 0.6 is 0 Å². The van der Waals surface area contributed by atoms with Crippen molar-refractivity contribution >= 4 is 5.91 Å². The van der Waals surface area contributed by atoms with Crippen LogP contribution in [0.1, 0.15) is 117 Å². The van der Waals surface area contributed by atoms with Gasteiger partial charge in [0.1, 0.15) is 0 Å². The van der Waals surface area contributed by atoms with Gasteiger partial charge in [0.25, 0.3) is 0 Å². The number of hydrogen-bond donors (Lipinski definition) is 1. The number of amides is 1. The number of unbranched alkanes of at least 4 members (excludes halogenated alkanes) is 14. The summed E-state index contributed by atoms with van der Waals surface area (Å²) in [7, 11) is 0. The summed E-state index contributed by atoms with van der Waals surface area (Å²) in [5, 5.41) is 2.73. The molecule has 0 atom stereocenters. The molecule has 141 valence electrons. The van der Waals surface area contributed by atoms with Gasteiger partial charge in [0.05, 0.1) is 0 Å². The molecular weight excluding hydrogens is 373 g/mol. The molecule has 2 nitrogen and oxygen atoms in total. The second-order valence-corrected chi connectivity index (χ2v) is 6.56. The van der Waals surface area contributed by atoms with Crippen LogP contribution in [0, 0.1) is 6.54 Å².